The van der Waals surface area contributed by atoms with E-state index in [0.29, 0.717) is 5.69 Å². The van der Waals surface area contributed by atoms with Crippen molar-refractivity contribution in [1.82, 2.24) is 10.2 Å². The lowest BCUT2D eigenvalue weighted by Crippen LogP contribution is -2.52. The molecule has 0 fully saturated rings. The summed E-state index contributed by atoms with van der Waals surface area (Å²) in [6, 6.07) is 18.5. The van der Waals surface area contributed by atoms with E-state index in [1.54, 1.807) is 37.3 Å². The number of carbonyl (C=O) groups excluding carboxylic acids is 2. The second kappa shape index (κ2) is 12.8. The fraction of sp³-hybridized carbons (Fsp3) is 0.333. The molecule has 0 saturated heterocycles. The van der Waals surface area contributed by atoms with Crippen LogP contribution >= 0.6 is 15.9 Å². The molecule has 0 unspecified atom stereocenters. The second-order valence-electron chi connectivity index (χ2n) is 10.1. The van der Waals surface area contributed by atoms with E-state index in [0.717, 1.165) is 31.0 Å². The normalized spacial score (nSPS) is 12.2. The van der Waals surface area contributed by atoms with Crippen LogP contribution in [-0.4, -0.2) is 43.8 Å². The summed E-state index contributed by atoms with van der Waals surface area (Å²) >= 11 is 3.42. The van der Waals surface area contributed by atoms with Crippen molar-refractivity contribution in [3.05, 3.63) is 93.5 Å². The number of anilines is 1. The number of amides is 2. The van der Waals surface area contributed by atoms with Crippen LogP contribution in [0.5, 0.6) is 0 Å². The fourth-order valence-electron chi connectivity index (χ4n) is 4.21. The molecule has 0 aliphatic carbocycles. The van der Waals surface area contributed by atoms with Gasteiger partial charge in [-0.3, -0.25) is 13.9 Å². The maximum absolute atomic E-state index is 14.0. The number of rotatable bonds is 10. The highest BCUT2D eigenvalue weighted by molar-refractivity contribution is 9.10. The van der Waals surface area contributed by atoms with Crippen LogP contribution in [0.3, 0.4) is 0 Å². The maximum atomic E-state index is 14.0. The van der Waals surface area contributed by atoms with E-state index >= 15 is 0 Å². The van der Waals surface area contributed by atoms with E-state index in [2.05, 4.69) is 21.2 Å². The average molecular weight is 615 g/mol. The van der Waals surface area contributed by atoms with Crippen molar-refractivity contribution in [2.75, 3.05) is 10.8 Å². The Labute approximate surface area is 240 Å². The molecule has 0 aliphatic heterocycles. The number of nitrogens with zero attached hydrogens (tertiary/aromatic N) is 2. The third-order valence-corrected chi connectivity index (χ3v) is 8.68. The van der Waals surface area contributed by atoms with Crippen molar-refractivity contribution in [3.8, 4) is 0 Å². The number of halogens is 1. The topological polar surface area (TPSA) is 86.8 Å². The third kappa shape index (κ3) is 7.70. The number of sulfonamides is 1. The van der Waals surface area contributed by atoms with Gasteiger partial charge in [0.15, 0.2) is 0 Å². The van der Waals surface area contributed by atoms with Crippen LogP contribution in [0.15, 0.2) is 76.1 Å². The summed E-state index contributed by atoms with van der Waals surface area (Å²) in [5.74, 6) is -0.796. The molecule has 0 bridgehead atoms. The summed E-state index contributed by atoms with van der Waals surface area (Å²) in [5, 5.41) is 2.86. The van der Waals surface area contributed by atoms with Crippen LogP contribution < -0.4 is 9.62 Å². The first-order valence-electron chi connectivity index (χ1n) is 12.8. The Kier molecular flexibility index (Phi) is 9.96. The zero-order valence-corrected chi connectivity index (χ0v) is 25.6. The van der Waals surface area contributed by atoms with Crippen molar-refractivity contribution in [2.24, 2.45) is 0 Å². The minimum atomic E-state index is -4.10. The molecule has 1 N–H and O–H groups in total. The summed E-state index contributed by atoms with van der Waals surface area (Å²) in [7, 11) is -4.10. The molecule has 0 heterocycles. The first-order valence-corrected chi connectivity index (χ1v) is 15.0. The Morgan fingerprint density at radius 2 is 1.46 bits per heavy atom. The van der Waals surface area contributed by atoms with Gasteiger partial charge in [0.05, 0.1) is 10.6 Å². The predicted molar refractivity (Wildman–Crippen MR) is 159 cm³/mol. The molecule has 2 amide bonds. The van der Waals surface area contributed by atoms with Crippen LogP contribution in [0, 0.1) is 20.8 Å². The first kappa shape index (κ1) is 30.4. The molecule has 0 aliphatic rings. The standard InChI is InChI=1S/C30H36BrN3O4S/c1-20(2)32-30(36)24(6)33(18-25-10-12-26(31)13-11-25)29(35)19-34(28-16-9-22(4)17-23(28)5)39(37,38)27-14-7-21(3)8-15-27/h7-17,20,24H,18-19H2,1-6H3,(H,32,36)/t24-/m1/s1. The monoisotopic (exact) mass is 613 g/mol. The second-order valence-corrected chi connectivity index (χ2v) is 12.9. The van der Waals surface area contributed by atoms with E-state index in [9.17, 15) is 18.0 Å². The Morgan fingerprint density at radius 1 is 0.872 bits per heavy atom. The van der Waals surface area contributed by atoms with E-state index < -0.39 is 28.5 Å². The van der Waals surface area contributed by atoms with Gasteiger partial charge in [0.1, 0.15) is 12.6 Å². The van der Waals surface area contributed by atoms with E-state index in [1.165, 1.54) is 4.90 Å². The average Bonchev–Trinajstić information content (AvgIpc) is 2.86. The Balaban J connectivity index is 2.06. The molecule has 0 saturated carbocycles. The van der Waals surface area contributed by atoms with Gasteiger partial charge >= 0.3 is 0 Å². The van der Waals surface area contributed by atoms with Gasteiger partial charge < -0.3 is 10.2 Å². The Morgan fingerprint density at radius 3 is 2.03 bits per heavy atom. The summed E-state index contributed by atoms with van der Waals surface area (Å²) in [6.45, 7) is 10.7. The molecule has 0 radical (unpaired) electrons. The van der Waals surface area contributed by atoms with Gasteiger partial charge in [0, 0.05) is 17.1 Å². The van der Waals surface area contributed by atoms with Gasteiger partial charge in [0.2, 0.25) is 11.8 Å². The van der Waals surface area contributed by atoms with Crippen LogP contribution in [0.25, 0.3) is 0 Å². The lowest BCUT2D eigenvalue weighted by molar-refractivity contribution is -0.139. The Hall–Kier alpha value is -3.17. The third-order valence-electron chi connectivity index (χ3n) is 6.37. The minimum Gasteiger partial charge on any atom is -0.352 e. The smallest absolute Gasteiger partial charge is 0.264 e. The van der Waals surface area contributed by atoms with Gasteiger partial charge in [-0.25, -0.2) is 8.42 Å². The summed E-state index contributed by atoms with van der Waals surface area (Å²) in [5.41, 5.74) is 3.86. The van der Waals surface area contributed by atoms with Crippen LogP contribution in [0.2, 0.25) is 0 Å². The molecule has 7 nitrogen and oxygen atoms in total. The van der Waals surface area contributed by atoms with Crippen LogP contribution in [0.1, 0.15) is 43.0 Å². The molecule has 0 aromatic heterocycles. The van der Waals surface area contributed by atoms with Crippen LogP contribution in [0.4, 0.5) is 5.69 Å². The molecule has 0 spiro atoms. The quantitative estimate of drug-likeness (QED) is 0.326. The van der Waals surface area contributed by atoms with Crippen molar-refractivity contribution in [1.29, 1.82) is 0 Å². The molecular weight excluding hydrogens is 578 g/mol. The van der Waals surface area contributed by atoms with Gasteiger partial charge in [-0.15, -0.1) is 0 Å². The van der Waals surface area contributed by atoms with E-state index in [-0.39, 0.29) is 23.4 Å². The minimum absolute atomic E-state index is 0.0888. The molecule has 39 heavy (non-hydrogen) atoms. The number of hydrogen-bond acceptors (Lipinski definition) is 4. The number of carbonyl (C=O) groups is 2. The highest BCUT2D eigenvalue weighted by Gasteiger charge is 2.33. The molecule has 9 heteroatoms. The predicted octanol–water partition coefficient (Wildman–Crippen LogP) is 5.51. The lowest BCUT2D eigenvalue weighted by Gasteiger charge is -2.32. The van der Waals surface area contributed by atoms with Gasteiger partial charge in [-0.1, -0.05) is 63.5 Å². The van der Waals surface area contributed by atoms with Gasteiger partial charge in [-0.05, 0) is 83.0 Å². The largest absolute Gasteiger partial charge is 0.352 e. The number of nitrogens with one attached hydrogen (secondary N) is 1. The SMILES string of the molecule is Cc1ccc(S(=O)(=O)N(CC(=O)N(Cc2ccc(Br)cc2)[C@H](C)C(=O)NC(C)C)c2ccc(C)cc2C)cc1. The van der Waals surface area contributed by atoms with Crippen molar-refractivity contribution in [2.45, 2.75) is 65.1 Å². The molecule has 3 aromatic rings. The number of hydrogen-bond donors (Lipinski definition) is 1. The van der Waals surface area contributed by atoms with Gasteiger partial charge in [0.25, 0.3) is 10.0 Å². The molecule has 3 aromatic carbocycles. The highest BCUT2D eigenvalue weighted by Crippen LogP contribution is 2.28. The van der Waals surface area contributed by atoms with E-state index in [4.69, 9.17) is 0 Å². The highest BCUT2D eigenvalue weighted by atomic mass is 79.9. The zero-order valence-electron chi connectivity index (χ0n) is 23.2. The van der Waals surface area contributed by atoms with Crippen LogP contribution in [-0.2, 0) is 26.2 Å². The summed E-state index contributed by atoms with van der Waals surface area (Å²) in [6.07, 6.45) is 0. The fourth-order valence-corrected chi connectivity index (χ4v) is 5.95. The Bertz CT molecular complexity index is 1420. The van der Waals surface area contributed by atoms with Crippen molar-refractivity contribution < 1.29 is 18.0 Å². The van der Waals surface area contributed by atoms with E-state index in [1.807, 2.05) is 71.0 Å². The molecule has 1 atom stereocenters. The van der Waals surface area contributed by atoms with Gasteiger partial charge in [-0.2, -0.15) is 0 Å². The lowest BCUT2D eigenvalue weighted by atomic mass is 10.1. The molecular formula is C30H36BrN3O4S. The summed E-state index contributed by atoms with van der Waals surface area (Å²) in [4.78, 5) is 28.5. The maximum Gasteiger partial charge on any atom is 0.264 e. The van der Waals surface area contributed by atoms with Crippen molar-refractivity contribution >= 4 is 43.5 Å². The molecule has 3 rings (SSSR count). The number of aryl methyl sites for hydroxylation is 3. The molecule has 208 valence electrons. The number of benzene rings is 3. The van der Waals surface area contributed by atoms with Crippen molar-refractivity contribution in [3.63, 3.8) is 0 Å². The summed E-state index contributed by atoms with van der Waals surface area (Å²) < 4.78 is 29.9. The zero-order chi connectivity index (χ0) is 28.9. The first-order chi connectivity index (χ1) is 18.3.